The van der Waals surface area contributed by atoms with Gasteiger partial charge in [0, 0.05) is 49.8 Å². The molecule has 1 saturated carbocycles. The maximum absolute atomic E-state index is 13.1. The number of ether oxygens (including phenoxy) is 2. The van der Waals surface area contributed by atoms with Crippen LogP contribution in [0.3, 0.4) is 0 Å². The number of rotatable bonds is 8. The highest BCUT2D eigenvalue weighted by atomic mass is 32.2. The van der Waals surface area contributed by atoms with Gasteiger partial charge in [-0.05, 0) is 56.3 Å². The molecule has 192 valence electrons. The zero-order chi connectivity index (χ0) is 24.6. The van der Waals surface area contributed by atoms with Crippen molar-refractivity contribution in [3.8, 4) is 11.5 Å². The number of nitrogens with one attached hydrogen (secondary N) is 1. The third kappa shape index (κ3) is 4.95. The number of hydrogen-bond acceptors (Lipinski definition) is 6. The van der Waals surface area contributed by atoms with Crippen molar-refractivity contribution in [1.29, 1.82) is 0 Å². The largest absolute Gasteiger partial charge is 0.497 e. The molecule has 1 aromatic heterocycles. The van der Waals surface area contributed by atoms with E-state index in [9.17, 15) is 8.42 Å². The number of fused-ring (bicyclic) bond motifs is 3. The van der Waals surface area contributed by atoms with Gasteiger partial charge in [0.2, 0.25) is 10.0 Å². The standard InChI is InChI=1S/C26H38N4O4S/c1-29-24(15-23(28-29)18-7-5-4-6-8-18)22-17-30-12-11-19(22)13-20(30)16-27-35(31,32)26-14-21(33-2)9-10-25(26)34-3/h9-10,14-15,18-20,22,27H,4-8,11-13,16-17H2,1-3H3/t19-,20+,22+/m0/s1. The first-order chi connectivity index (χ1) is 16.9. The normalized spacial score (nSPS) is 27.2. The zero-order valence-electron chi connectivity index (χ0n) is 21.1. The summed E-state index contributed by atoms with van der Waals surface area (Å²) in [5, 5.41) is 4.93. The minimum absolute atomic E-state index is 0.110. The number of methoxy groups -OCH3 is 2. The fourth-order valence-electron chi connectivity index (χ4n) is 6.41. The Morgan fingerprint density at radius 2 is 1.89 bits per heavy atom. The van der Waals surface area contributed by atoms with Crippen LogP contribution in [0, 0.1) is 5.92 Å². The predicted octanol–water partition coefficient (Wildman–Crippen LogP) is 3.64. The van der Waals surface area contributed by atoms with Crippen LogP contribution in [0.5, 0.6) is 11.5 Å². The molecule has 0 amide bonds. The average molecular weight is 503 g/mol. The molecule has 0 radical (unpaired) electrons. The summed E-state index contributed by atoms with van der Waals surface area (Å²) in [7, 11) is 1.36. The summed E-state index contributed by atoms with van der Waals surface area (Å²) in [6, 6.07) is 7.40. The van der Waals surface area contributed by atoms with Crippen molar-refractivity contribution in [3.63, 3.8) is 0 Å². The molecule has 6 rings (SSSR count). The van der Waals surface area contributed by atoms with E-state index in [4.69, 9.17) is 14.6 Å². The third-order valence-electron chi connectivity index (χ3n) is 8.39. The molecule has 2 bridgehead atoms. The highest BCUT2D eigenvalue weighted by Gasteiger charge is 2.42. The van der Waals surface area contributed by atoms with Gasteiger partial charge >= 0.3 is 0 Å². The van der Waals surface area contributed by atoms with E-state index in [1.54, 1.807) is 12.1 Å². The SMILES string of the molecule is COc1ccc(OC)c(S(=O)(=O)NC[C@H]2C[C@@H]3CCN2C[C@H]3c2cc(C3CCCCC3)nn2C)c1. The molecule has 35 heavy (non-hydrogen) atoms. The van der Waals surface area contributed by atoms with Crippen molar-refractivity contribution in [2.75, 3.05) is 33.9 Å². The lowest BCUT2D eigenvalue weighted by molar-refractivity contribution is 0.0306. The maximum Gasteiger partial charge on any atom is 0.244 e. The van der Waals surface area contributed by atoms with Gasteiger partial charge in [0.05, 0.1) is 19.9 Å². The summed E-state index contributed by atoms with van der Waals surface area (Å²) in [5.41, 5.74) is 2.62. The Labute approximate surface area is 209 Å². The molecule has 3 saturated heterocycles. The highest BCUT2D eigenvalue weighted by Crippen LogP contribution is 2.43. The zero-order valence-corrected chi connectivity index (χ0v) is 21.9. The smallest absolute Gasteiger partial charge is 0.244 e. The molecule has 4 fully saturated rings. The number of hydrogen-bond donors (Lipinski definition) is 1. The Bertz CT molecular complexity index is 1140. The summed E-state index contributed by atoms with van der Waals surface area (Å²) >= 11 is 0. The second-order valence-corrected chi connectivity index (χ2v) is 12.1. The molecular weight excluding hydrogens is 464 g/mol. The lowest BCUT2D eigenvalue weighted by Crippen LogP contribution is -2.56. The van der Waals surface area contributed by atoms with Crippen LogP contribution in [0.1, 0.15) is 68.2 Å². The molecule has 8 nitrogen and oxygen atoms in total. The van der Waals surface area contributed by atoms with Crippen molar-refractivity contribution in [1.82, 2.24) is 19.4 Å². The minimum atomic E-state index is -3.73. The van der Waals surface area contributed by atoms with E-state index < -0.39 is 10.0 Å². The van der Waals surface area contributed by atoms with Crippen molar-refractivity contribution in [2.45, 2.75) is 67.7 Å². The quantitative estimate of drug-likeness (QED) is 0.593. The molecule has 4 aliphatic rings. The predicted molar refractivity (Wildman–Crippen MR) is 135 cm³/mol. The van der Waals surface area contributed by atoms with Crippen molar-refractivity contribution in [2.24, 2.45) is 13.0 Å². The fourth-order valence-corrected chi connectivity index (χ4v) is 7.67. The number of nitrogens with zero attached hydrogens (tertiary/aromatic N) is 3. The fraction of sp³-hybridized carbons (Fsp3) is 0.654. The second kappa shape index (κ2) is 10.1. The van der Waals surface area contributed by atoms with Gasteiger partial charge in [-0.2, -0.15) is 5.10 Å². The van der Waals surface area contributed by atoms with Crippen LogP contribution < -0.4 is 14.2 Å². The second-order valence-electron chi connectivity index (χ2n) is 10.4. The molecule has 1 aromatic carbocycles. The topological polar surface area (TPSA) is 85.7 Å². The van der Waals surface area contributed by atoms with Crippen LogP contribution >= 0.6 is 0 Å². The molecule has 4 atom stereocenters. The van der Waals surface area contributed by atoms with E-state index in [1.165, 1.54) is 63.8 Å². The first-order valence-corrected chi connectivity index (χ1v) is 14.4. The highest BCUT2D eigenvalue weighted by molar-refractivity contribution is 7.89. The summed E-state index contributed by atoms with van der Waals surface area (Å²) < 4.78 is 41.8. The average Bonchev–Trinajstić information content (AvgIpc) is 3.29. The third-order valence-corrected chi connectivity index (χ3v) is 9.83. The molecule has 1 aliphatic carbocycles. The molecule has 1 N–H and O–H groups in total. The van der Waals surface area contributed by atoms with Crippen LogP contribution in [0.15, 0.2) is 29.2 Å². The van der Waals surface area contributed by atoms with Gasteiger partial charge in [-0.25, -0.2) is 13.1 Å². The molecule has 4 heterocycles. The van der Waals surface area contributed by atoms with E-state index >= 15 is 0 Å². The Morgan fingerprint density at radius 1 is 1.09 bits per heavy atom. The lowest BCUT2D eigenvalue weighted by Gasteiger charge is -2.50. The van der Waals surface area contributed by atoms with Gasteiger partial charge in [0.15, 0.2) is 0 Å². The number of sulfonamides is 1. The molecule has 0 spiro atoms. The van der Waals surface area contributed by atoms with Gasteiger partial charge in [0.25, 0.3) is 0 Å². The van der Waals surface area contributed by atoms with Crippen LogP contribution in [0.2, 0.25) is 0 Å². The lowest BCUT2D eigenvalue weighted by atomic mass is 9.74. The molecular formula is C26H38N4O4S. The number of benzene rings is 1. The minimum Gasteiger partial charge on any atom is -0.497 e. The van der Waals surface area contributed by atoms with E-state index in [-0.39, 0.29) is 10.9 Å². The Hall–Kier alpha value is -2.10. The summed E-state index contributed by atoms with van der Waals surface area (Å²) in [6.45, 7) is 2.37. The Morgan fingerprint density at radius 3 is 2.57 bits per heavy atom. The van der Waals surface area contributed by atoms with Crippen molar-refractivity contribution in [3.05, 3.63) is 35.7 Å². The maximum atomic E-state index is 13.1. The van der Waals surface area contributed by atoms with Gasteiger partial charge in [-0.15, -0.1) is 0 Å². The van der Waals surface area contributed by atoms with Gasteiger partial charge < -0.3 is 9.47 Å². The van der Waals surface area contributed by atoms with Crippen LogP contribution in [-0.2, 0) is 17.1 Å². The summed E-state index contributed by atoms with van der Waals surface area (Å²) in [4.78, 5) is 2.57. The van der Waals surface area contributed by atoms with Gasteiger partial charge in [-0.3, -0.25) is 9.58 Å². The van der Waals surface area contributed by atoms with E-state index in [2.05, 4.69) is 27.4 Å². The van der Waals surface area contributed by atoms with Crippen molar-refractivity contribution >= 4 is 10.0 Å². The van der Waals surface area contributed by atoms with Crippen LogP contribution in [0.4, 0.5) is 0 Å². The van der Waals surface area contributed by atoms with Crippen LogP contribution in [-0.4, -0.2) is 63.0 Å². The summed E-state index contributed by atoms with van der Waals surface area (Å²) in [6.07, 6.45) is 8.65. The monoisotopic (exact) mass is 502 g/mol. The van der Waals surface area contributed by atoms with Gasteiger partial charge in [-0.1, -0.05) is 19.3 Å². The molecule has 9 heteroatoms. The number of aromatic nitrogens is 2. The van der Waals surface area contributed by atoms with E-state index in [0.717, 1.165) is 25.9 Å². The molecule has 1 unspecified atom stereocenters. The van der Waals surface area contributed by atoms with E-state index in [1.807, 2.05) is 0 Å². The number of aryl methyl sites for hydroxylation is 1. The summed E-state index contributed by atoms with van der Waals surface area (Å²) in [5.74, 6) is 2.42. The first-order valence-electron chi connectivity index (χ1n) is 12.9. The molecule has 2 aromatic rings. The van der Waals surface area contributed by atoms with Gasteiger partial charge in [0.1, 0.15) is 16.4 Å². The first kappa shape index (κ1) is 24.6. The Balaban J connectivity index is 1.26. The van der Waals surface area contributed by atoms with E-state index in [0.29, 0.717) is 35.8 Å². The Kier molecular flexibility index (Phi) is 7.10. The van der Waals surface area contributed by atoms with Crippen molar-refractivity contribution < 1.29 is 17.9 Å². The molecule has 3 aliphatic heterocycles. The number of piperidine rings is 3. The van der Waals surface area contributed by atoms with Crippen LogP contribution in [0.25, 0.3) is 0 Å².